The highest BCUT2D eigenvalue weighted by Gasteiger charge is 2.23. The third kappa shape index (κ3) is 3.10. The second-order valence-electron chi connectivity index (χ2n) is 4.85. The number of hydrogen-bond donors (Lipinski definition) is 0. The van der Waals surface area contributed by atoms with Crippen LogP contribution in [0.5, 0.6) is 0 Å². The van der Waals surface area contributed by atoms with Gasteiger partial charge in [0.25, 0.3) is 0 Å². The van der Waals surface area contributed by atoms with E-state index in [1.807, 2.05) is 0 Å². The van der Waals surface area contributed by atoms with Crippen LogP contribution in [0.1, 0.15) is 39.1 Å². The standard InChI is InChI=1S/C12H20Br2N2/c1-5-9-11(14)10(16(6-2)15-9)7-12(3,4)8-13/h5-8H2,1-4H3. The second kappa shape index (κ2) is 5.67. The van der Waals surface area contributed by atoms with Crippen LogP contribution in [0, 0.1) is 5.41 Å². The number of rotatable bonds is 5. The molecule has 2 nitrogen and oxygen atoms in total. The first-order valence-corrected chi connectivity index (χ1v) is 7.66. The van der Waals surface area contributed by atoms with Crippen LogP contribution in [0.4, 0.5) is 0 Å². The van der Waals surface area contributed by atoms with Gasteiger partial charge >= 0.3 is 0 Å². The second-order valence-corrected chi connectivity index (χ2v) is 6.21. The number of aryl methyl sites for hydroxylation is 2. The van der Waals surface area contributed by atoms with Crippen molar-refractivity contribution >= 4 is 31.9 Å². The van der Waals surface area contributed by atoms with Gasteiger partial charge in [-0.2, -0.15) is 5.10 Å². The molecule has 0 radical (unpaired) electrons. The fourth-order valence-corrected chi connectivity index (χ4v) is 2.59. The topological polar surface area (TPSA) is 17.8 Å². The van der Waals surface area contributed by atoms with Crippen LogP contribution in [0.3, 0.4) is 0 Å². The molecule has 16 heavy (non-hydrogen) atoms. The van der Waals surface area contributed by atoms with Crippen LogP contribution >= 0.6 is 31.9 Å². The first-order chi connectivity index (χ1) is 7.45. The monoisotopic (exact) mass is 350 g/mol. The summed E-state index contributed by atoms with van der Waals surface area (Å²) in [4.78, 5) is 0. The highest BCUT2D eigenvalue weighted by molar-refractivity contribution is 9.10. The summed E-state index contributed by atoms with van der Waals surface area (Å²) in [6.45, 7) is 9.77. The van der Waals surface area contributed by atoms with Gasteiger partial charge in [0.1, 0.15) is 0 Å². The summed E-state index contributed by atoms with van der Waals surface area (Å²) < 4.78 is 3.32. The SMILES string of the molecule is CCc1nn(CC)c(CC(C)(C)CBr)c1Br. The van der Waals surface area contributed by atoms with Crippen LogP contribution < -0.4 is 0 Å². The van der Waals surface area contributed by atoms with Crippen molar-refractivity contribution in [3.05, 3.63) is 15.9 Å². The summed E-state index contributed by atoms with van der Waals surface area (Å²) in [6.07, 6.45) is 2.02. The van der Waals surface area contributed by atoms with E-state index in [1.54, 1.807) is 0 Å². The van der Waals surface area contributed by atoms with E-state index in [-0.39, 0.29) is 5.41 Å². The lowest BCUT2D eigenvalue weighted by Crippen LogP contribution is -2.19. The Bertz CT molecular complexity index is 356. The molecule has 1 aromatic rings. The van der Waals surface area contributed by atoms with Gasteiger partial charge in [0.2, 0.25) is 0 Å². The molecule has 0 N–H and O–H groups in total. The fourth-order valence-electron chi connectivity index (χ4n) is 1.69. The van der Waals surface area contributed by atoms with E-state index in [9.17, 15) is 0 Å². The molecule has 0 atom stereocenters. The quantitative estimate of drug-likeness (QED) is 0.727. The van der Waals surface area contributed by atoms with Crippen molar-refractivity contribution in [1.29, 1.82) is 0 Å². The van der Waals surface area contributed by atoms with E-state index in [0.717, 1.165) is 24.7 Å². The molecular weight excluding hydrogens is 332 g/mol. The van der Waals surface area contributed by atoms with Crippen molar-refractivity contribution < 1.29 is 0 Å². The largest absolute Gasteiger partial charge is 0.268 e. The van der Waals surface area contributed by atoms with Crippen molar-refractivity contribution in [2.24, 2.45) is 5.41 Å². The van der Waals surface area contributed by atoms with E-state index in [4.69, 9.17) is 0 Å². The maximum absolute atomic E-state index is 4.62. The molecule has 4 heteroatoms. The van der Waals surface area contributed by atoms with Gasteiger partial charge in [-0.05, 0) is 41.1 Å². The first-order valence-electron chi connectivity index (χ1n) is 5.75. The molecule has 0 fully saturated rings. The predicted molar refractivity (Wildman–Crippen MR) is 76.3 cm³/mol. The van der Waals surface area contributed by atoms with Gasteiger partial charge in [-0.3, -0.25) is 4.68 Å². The van der Waals surface area contributed by atoms with Gasteiger partial charge in [0.15, 0.2) is 0 Å². The zero-order valence-corrected chi connectivity index (χ0v) is 13.7. The van der Waals surface area contributed by atoms with Gasteiger partial charge in [-0.15, -0.1) is 0 Å². The Morgan fingerprint density at radius 3 is 2.38 bits per heavy atom. The van der Waals surface area contributed by atoms with Crippen LogP contribution in [0.15, 0.2) is 4.47 Å². The molecule has 0 aromatic carbocycles. The maximum atomic E-state index is 4.62. The molecule has 0 aliphatic carbocycles. The molecule has 0 unspecified atom stereocenters. The normalized spacial score (nSPS) is 12.1. The predicted octanol–water partition coefficient (Wildman–Crippen LogP) is 4.19. The average molecular weight is 352 g/mol. The number of halogens is 2. The van der Waals surface area contributed by atoms with Gasteiger partial charge in [-0.25, -0.2) is 0 Å². The lowest BCUT2D eigenvalue weighted by Gasteiger charge is -2.22. The summed E-state index contributed by atoms with van der Waals surface area (Å²) >= 11 is 7.26. The smallest absolute Gasteiger partial charge is 0.0766 e. The highest BCUT2D eigenvalue weighted by Crippen LogP contribution is 2.30. The Hall–Kier alpha value is 0.170. The molecule has 1 aromatic heterocycles. The highest BCUT2D eigenvalue weighted by atomic mass is 79.9. The molecule has 0 amide bonds. The molecule has 1 rings (SSSR count). The Balaban J connectivity index is 3.06. The fraction of sp³-hybridized carbons (Fsp3) is 0.750. The Morgan fingerprint density at radius 2 is 1.94 bits per heavy atom. The van der Waals surface area contributed by atoms with Crippen LogP contribution in [0.2, 0.25) is 0 Å². The van der Waals surface area contributed by atoms with Crippen molar-refractivity contribution in [3.63, 3.8) is 0 Å². The Labute approximate surface area is 115 Å². The summed E-state index contributed by atoms with van der Waals surface area (Å²) in [5.41, 5.74) is 2.76. The third-order valence-electron chi connectivity index (χ3n) is 2.70. The molecular formula is C12H20Br2N2. The Kier molecular flexibility index (Phi) is 5.05. The molecule has 0 aliphatic heterocycles. The minimum atomic E-state index is 0.264. The summed E-state index contributed by atoms with van der Waals surface area (Å²) in [7, 11) is 0. The molecule has 1 heterocycles. The summed E-state index contributed by atoms with van der Waals surface area (Å²) in [5.74, 6) is 0. The van der Waals surface area contributed by atoms with E-state index in [0.29, 0.717) is 0 Å². The number of hydrogen-bond acceptors (Lipinski definition) is 1. The molecule has 0 saturated carbocycles. The minimum absolute atomic E-state index is 0.264. The van der Waals surface area contributed by atoms with Crippen molar-refractivity contribution in [3.8, 4) is 0 Å². The van der Waals surface area contributed by atoms with Gasteiger partial charge in [-0.1, -0.05) is 36.7 Å². The molecule has 0 aliphatic rings. The van der Waals surface area contributed by atoms with Gasteiger partial charge < -0.3 is 0 Å². The number of nitrogens with zero attached hydrogens (tertiary/aromatic N) is 2. The van der Waals surface area contributed by atoms with E-state index < -0.39 is 0 Å². The third-order valence-corrected chi connectivity index (χ3v) is 5.14. The lowest BCUT2D eigenvalue weighted by atomic mass is 9.90. The average Bonchev–Trinajstić information content (AvgIpc) is 2.55. The number of aromatic nitrogens is 2. The summed E-state index contributed by atoms with van der Waals surface area (Å²) in [5, 5.41) is 5.62. The van der Waals surface area contributed by atoms with Crippen molar-refractivity contribution in [2.75, 3.05) is 5.33 Å². The van der Waals surface area contributed by atoms with Crippen LogP contribution in [-0.2, 0) is 19.4 Å². The Morgan fingerprint density at radius 1 is 1.31 bits per heavy atom. The number of alkyl halides is 1. The van der Waals surface area contributed by atoms with Gasteiger partial charge in [0, 0.05) is 11.9 Å². The molecule has 92 valence electrons. The van der Waals surface area contributed by atoms with E-state index in [1.165, 1.54) is 15.9 Å². The van der Waals surface area contributed by atoms with Gasteiger partial charge in [0.05, 0.1) is 15.9 Å². The minimum Gasteiger partial charge on any atom is -0.268 e. The summed E-state index contributed by atoms with van der Waals surface area (Å²) in [6, 6.07) is 0. The van der Waals surface area contributed by atoms with E-state index >= 15 is 0 Å². The van der Waals surface area contributed by atoms with Crippen LogP contribution in [-0.4, -0.2) is 15.1 Å². The van der Waals surface area contributed by atoms with E-state index in [2.05, 4.69) is 69.3 Å². The molecule has 0 spiro atoms. The van der Waals surface area contributed by atoms with Crippen LogP contribution in [0.25, 0.3) is 0 Å². The molecule has 0 saturated heterocycles. The van der Waals surface area contributed by atoms with Crippen molar-refractivity contribution in [1.82, 2.24) is 9.78 Å². The maximum Gasteiger partial charge on any atom is 0.0766 e. The van der Waals surface area contributed by atoms with Crippen molar-refractivity contribution in [2.45, 2.75) is 47.1 Å². The first kappa shape index (κ1) is 14.2. The lowest BCUT2D eigenvalue weighted by molar-refractivity contribution is 0.405. The molecule has 0 bridgehead atoms. The zero-order chi connectivity index (χ0) is 12.3. The zero-order valence-electron chi connectivity index (χ0n) is 10.5.